The van der Waals surface area contributed by atoms with Gasteiger partial charge in [0.05, 0.1) is 42.5 Å². The smallest absolute Gasteiger partial charge is 0.310 e. The molecule has 8 heteroatoms. The zero-order valence-corrected chi connectivity index (χ0v) is 20.9. The van der Waals surface area contributed by atoms with Crippen LogP contribution in [0.15, 0.2) is 36.5 Å². The molecule has 0 N–H and O–H groups in total. The van der Waals surface area contributed by atoms with E-state index in [9.17, 15) is 9.59 Å². The lowest BCUT2D eigenvalue weighted by molar-refractivity contribution is -0.145. The van der Waals surface area contributed by atoms with Crippen molar-refractivity contribution in [2.45, 2.75) is 40.7 Å². The molecule has 0 spiro atoms. The number of amides is 1. The minimum absolute atomic E-state index is 0.0784. The third-order valence-corrected chi connectivity index (χ3v) is 5.73. The Morgan fingerprint density at radius 3 is 2.47 bits per heavy atom. The van der Waals surface area contributed by atoms with Gasteiger partial charge >= 0.3 is 5.97 Å². The molecule has 0 aliphatic rings. The highest BCUT2D eigenvalue weighted by Gasteiger charge is 2.26. The molecule has 8 nitrogen and oxygen atoms in total. The van der Waals surface area contributed by atoms with Crippen LogP contribution in [0.2, 0.25) is 0 Å². The summed E-state index contributed by atoms with van der Waals surface area (Å²) in [4.78, 5) is 32.5. The van der Waals surface area contributed by atoms with E-state index in [1.54, 1.807) is 18.0 Å². The molecule has 3 aromatic rings. The molecule has 0 unspecified atom stereocenters. The van der Waals surface area contributed by atoms with E-state index in [2.05, 4.69) is 5.10 Å². The number of carbonyl (C=O) groups is 2. The number of nitrogens with zero attached hydrogens (tertiary/aromatic N) is 4. The number of hydrogen-bond donors (Lipinski definition) is 0. The van der Waals surface area contributed by atoms with Gasteiger partial charge in [-0.3, -0.25) is 9.59 Å². The van der Waals surface area contributed by atoms with E-state index in [4.69, 9.17) is 14.5 Å². The third-order valence-electron chi connectivity index (χ3n) is 5.73. The van der Waals surface area contributed by atoms with Crippen LogP contribution < -0.4 is 0 Å². The Morgan fingerprint density at radius 1 is 1.15 bits per heavy atom. The van der Waals surface area contributed by atoms with Crippen molar-refractivity contribution in [3.05, 3.63) is 47.7 Å². The molecule has 0 bridgehead atoms. The molecular weight excluding hydrogens is 432 g/mol. The summed E-state index contributed by atoms with van der Waals surface area (Å²) in [6.07, 6.45) is 1.69. The van der Waals surface area contributed by atoms with Crippen molar-refractivity contribution < 1.29 is 19.1 Å². The highest BCUT2D eigenvalue weighted by Crippen LogP contribution is 2.28. The normalized spacial score (nSPS) is 12.2. The van der Waals surface area contributed by atoms with Gasteiger partial charge in [-0.2, -0.15) is 5.10 Å². The predicted octanol–water partition coefficient (Wildman–Crippen LogP) is 4.28. The number of pyridine rings is 1. The van der Waals surface area contributed by atoms with Crippen LogP contribution in [0.3, 0.4) is 0 Å². The van der Waals surface area contributed by atoms with E-state index in [0.717, 1.165) is 11.1 Å². The SMILES string of the molecule is CCOCCN(C[C@H](C)C(=O)OC)C(=O)c1cc(-c2ccc(C)cc2)nc2c1cnn2C(C)C. The number of ether oxygens (including phenoxy) is 2. The second-order valence-electron chi connectivity index (χ2n) is 8.71. The maximum Gasteiger partial charge on any atom is 0.310 e. The summed E-state index contributed by atoms with van der Waals surface area (Å²) in [6, 6.07) is 9.94. The van der Waals surface area contributed by atoms with Crippen molar-refractivity contribution in [1.82, 2.24) is 19.7 Å². The molecule has 0 saturated carbocycles. The molecule has 0 aliphatic carbocycles. The molecule has 1 aromatic carbocycles. The molecule has 1 amide bonds. The van der Waals surface area contributed by atoms with E-state index in [0.29, 0.717) is 42.0 Å². The monoisotopic (exact) mass is 466 g/mol. The molecule has 182 valence electrons. The number of fused-ring (bicyclic) bond motifs is 1. The summed E-state index contributed by atoms with van der Waals surface area (Å²) in [5.74, 6) is -1.02. The highest BCUT2D eigenvalue weighted by atomic mass is 16.5. The van der Waals surface area contributed by atoms with Gasteiger partial charge in [0.2, 0.25) is 0 Å². The average Bonchev–Trinajstić information content (AvgIpc) is 3.26. The topological polar surface area (TPSA) is 86.5 Å². The second-order valence-corrected chi connectivity index (χ2v) is 8.71. The minimum atomic E-state index is -0.470. The Hall–Kier alpha value is -3.26. The fraction of sp³-hybridized carbons (Fsp3) is 0.462. The van der Waals surface area contributed by atoms with E-state index in [1.165, 1.54) is 7.11 Å². The number of rotatable bonds is 10. The number of aromatic nitrogens is 3. The molecular formula is C26H34N4O4. The van der Waals surface area contributed by atoms with Crippen LogP contribution in [-0.2, 0) is 14.3 Å². The lowest BCUT2D eigenvalue weighted by Gasteiger charge is -2.25. The molecule has 0 aliphatic heterocycles. The Balaban J connectivity index is 2.10. The average molecular weight is 467 g/mol. The lowest BCUT2D eigenvalue weighted by Crippen LogP contribution is -2.39. The Morgan fingerprint density at radius 2 is 1.85 bits per heavy atom. The van der Waals surface area contributed by atoms with Gasteiger partial charge in [0.1, 0.15) is 0 Å². The standard InChI is InChI=1S/C26H34N4O4/c1-7-34-13-12-29(16-19(5)26(32)33-6)25(31)21-14-23(20-10-8-18(4)9-11-20)28-24-22(21)15-27-30(24)17(2)3/h8-11,14-15,17,19H,7,12-13,16H2,1-6H3/t19-/m0/s1. The number of benzene rings is 1. The first-order chi connectivity index (χ1) is 16.3. The first-order valence-corrected chi connectivity index (χ1v) is 11.7. The summed E-state index contributed by atoms with van der Waals surface area (Å²) in [5.41, 5.74) is 3.92. The number of aryl methyl sites for hydroxylation is 1. The van der Waals surface area contributed by atoms with Crippen molar-refractivity contribution in [1.29, 1.82) is 0 Å². The quantitative estimate of drug-likeness (QED) is 0.328. The van der Waals surface area contributed by atoms with Gasteiger partial charge in [0.25, 0.3) is 5.91 Å². The van der Waals surface area contributed by atoms with E-state index >= 15 is 0 Å². The first-order valence-electron chi connectivity index (χ1n) is 11.7. The lowest BCUT2D eigenvalue weighted by atomic mass is 10.0. The number of hydrogen-bond acceptors (Lipinski definition) is 6. The molecule has 2 heterocycles. The molecule has 2 aromatic heterocycles. The van der Waals surface area contributed by atoms with E-state index in [-0.39, 0.29) is 24.5 Å². The predicted molar refractivity (Wildman–Crippen MR) is 132 cm³/mol. The van der Waals surface area contributed by atoms with Crippen molar-refractivity contribution in [2.75, 3.05) is 33.4 Å². The molecule has 3 rings (SSSR count). The van der Waals surface area contributed by atoms with Crippen molar-refractivity contribution >= 4 is 22.9 Å². The van der Waals surface area contributed by atoms with Crippen LogP contribution in [0, 0.1) is 12.8 Å². The maximum absolute atomic E-state index is 13.9. The summed E-state index contributed by atoms with van der Waals surface area (Å²) < 4.78 is 12.2. The fourth-order valence-electron chi connectivity index (χ4n) is 3.82. The maximum atomic E-state index is 13.9. The van der Waals surface area contributed by atoms with Crippen LogP contribution >= 0.6 is 0 Å². The van der Waals surface area contributed by atoms with Crippen LogP contribution in [0.1, 0.15) is 49.7 Å². The molecule has 0 fully saturated rings. The van der Waals surface area contributed by atoms with E-state index in [1.807, 2.05) is 62.7 Å². The summed E-state index contributed by atoms with van der Waals surface area (Å²) in [7, 11) is 1.35. The molecule has 34 heavy (non-hydrogen) atoms. The second kappa shape index (κ2) is 11.2. The van der Waals surface area contributed by atoms with Crippen LogP contribution in [0.5, 0.6) is 0 Å². The van der Waals surface area contributed by atoms with Crippen molar-refractivity contribution in [3.8, 4) is 11.3 Å². The zero-order valence-electron chi connectivity index (χ0n) is 20.9. The summed E-state index contributed by atoms with van der Waals surface area (Å²) in [5, 5.41) is 5.19. The summed E-state index contributed by atoms with van der Waals surface area (Å²) >= 11 is 0. The van der Waals surface area contributed by atoms with E-state index < -0.39 is 5.92 Å². The fourth-order valence-corrected chi connectivity index (χ4v) is 3.82. The third kappa shape index (κ3) is 5.62. The molecule has 1 atom stereocenters. The van der Waals surface area contributed by atoms with Gasteiger partial charge in [-0.1, -0.05) is 36.8 Å². The Kier molecular flexibility index (Phi) is 8.39. The van der Waals surface area contributed by atoms with Gasteiger partial charge in [-0.25, -0.2) is 9.67 Å². The largest absolute Gasteiger partial charge is 0.469 e. The number of carbonyl (C=O) groups excluding carboxylic acids is 2. The molecule has 0 saturated heterocycles. The molecule has 0 radical (unpaired) electrons. The Bertz CT molecular complexity index is 1140. The minimum Gasteiger partial charge on any atom is -0.469 e. The number of esters is 1. The van der Waals surface area contributed by atoms with Crippen molar-refractivity contribution in [2.24, 2.45) is 5.92 Å². The van der Waals surface area contributed by atoms with Crippen molar-refractivity contribution in [3.63, 3.8) is 0 Å². The van der Waals surface area contributed by atoms with Gasteiger partial charge in [0, 0.05) is 31.3 Å². The first kappa shape index (κ1) is 25.4. The zero-order chi connectivity index (χ0) is 24.8. The Labute approximate surface area is 200 Å². The van der Waals surface area contributed by atoms with Gasteiger partial charge in [-0.05, 0) is 33.8 Å². The highest BCUT2D eigenvalue weighted by molar-refractivity contribution is 6.06. The van der Waals surface area contributed by atoms with Crippen LogP contribution in [-0.4, -0.2) is 65.0 Å². The van der Waals surface area contributed by atoms with Crippen LogP contribution in [0.25, 0.3) is 22.3 Å². The number of methoxy groups -OCH3 is 1. The van der Waals surface area contributed by atoms with Gasteiger partial charge in [0.15, 0.2) is 5.65 Å². The van der Waals surface area contributed by atoms with Gasteiger partial charge < -0.3 is 14.4 Å². The summed E-state index contributed by atoms with van der Waals surface area (Å²) in [6.45, 7) is 11.3. The van der Waals surface area contributed by atoms with Crippen LogP contribution in [0.4, 0.5) is 0 Å². The van der Waals surface area contributed by atoms with Gasteiger partial charge in [-0.15, -0.1) is 0 Å².